The number of hydrogen-bond acceptors (Lipinski definition) is 8. The van der Waals surface area contributed by atoms with Crippen LogP contribution in [0.15, 0.2) is 36.7 Å². The third-order valence-electron chi connectivity index (χ3n) is 6.26. The van der Waals surface area contributed by atoms with Crippen LogP contribution in [0.1, 0.15) is 38.4 Å². The van der Waals surface area contributed by atoms with Crippen molar-refractivity contribution in [2.75, 3.05) is 43.9 Å². The minimum Gasteiger partial charge on any atom is -0.378 e. The molecule has 1 aromatic carbocycles. The Morgan fingerprint density at radius 2 is 1.84 bits per heavy atom. The lowest BCUT2D eigenvalue weighted by molar-refractivity contribution is 0.0663. The van der Waals surface area contributed by atoms with Gasteiger partial charge in [0.15, 0.2) is 5.13 Å². The van der Waals surface area contributed by atoms with Gasteiger partial charge in [-0.15, -0.1) is 0 Å². The van der Waals surface area contributed by atoms with Gasteiger partial charge in [0.05, 0.1) is 23.4 Å². The molecule has 2 aliphatic rings. The number of anilines is 3. The lowest BCUT2D eigenvalue weighted by Crippen LogP contribution is -2.47. The van der Waals surface area contributed by atoms with Gasteiger partial charge in [0.2, 0.25) is 0 Å². The lowest BCUT2D eigenvalue weighted by Gasteiger charge is -2.32. The van der Waals surface area contributed by atoms with Crippen molar-refractivity contribution in [3.63, 3.8) is 0 Å². The molecule has 1 saturated carbocycles. The van der Waals surface area contributed by atoms with E-state index in [1.807, 2.05) is 11.9 Å². The Balaban J connectivity index is 1.17. The molecule has 194 valence electrons. The number of carbonyl (C=O) groups excluding carboxylic acids is 2. The van der Waals surface area contributed by atoms with Crippen molar-refractivity contribution in [1.29, 1.82) is 0 Å². The van der Waals surface area contributed by atoms with Crippen molar-refractivity contribution >= 4 is 39.8 Å². The Labute approximate surface area is 216 Å². The average molecular weight is 528 g/mol. The molecule has 2 fully saturated rings. The van der Waals surface area contributed by atoms with E-state index in [0.29, 0.717) is 35.7 Å². The van der Waals surface area contributed by atoms with Crippen LogP contribution >= 0.6 is 11.3 Å². The SMILES string of the molecule is CN1CCN(C(=O)c2ccc(Nc3ncc(CNc4cc(C(=O)NC5CC5)c(F)cc4F)s3)nc2)CC1. The molecule has 3 N–H and O–H groups in total. The van der Waals surface area contributed by atoms with Crippen LogP contribution in [0.25, 0.3) is 0 Å². The number of aromatic nitrogens is 2. The molecule has 37 heavy (non-hydrogen) atoms. The summed E-state index contributed by atoms with van der Waals surface area (Å²) in [7, 11) is 2.04. The van der Waals surface area contributed by atoms with Gasteiger partial charge in [-0.2, -0.15) is 0 Å². The van der Waals surface area contributed by atoms with E-state index < -0.39 is 17.5 Å². The average Bonchev–Trinajstić information content (AvgIpc) is 3.59. The van der Waals surface area contributed by atoms with E-state index in [1.54, 1.807) is 24.5 Å². The van der Waals surface area contributed by atoms with E-state index in [2.05, 4.69) is 30.8 Å². The van der Waals surface area contributed by atoms with Crippen LogP contribution in [0.4, 0.5) is 25.4 Å². The van der Waals surface area contributed by atoms with E-state index in [0.717, 1.165) is 30.8 Å². The predicted molar refractivity (Wildman–Crippen MR) is 137 cm³/mol. The van der Waals surface area contributed by atoms with E-state index in [1.165, 1.54) is 17.4 Å². The summed E-state index contributed by atoms with van der Waals surface area (Å²) in [6.45, 7) is 3.33. The van der Waals surface area contributed by atoms with Gasteiger partial charge < -0.3 is 25.8 Å². The molecule has 3 aromatic rings. The number of pyridine rings is 1. The van der Waals surface area contributed by atoms with Crippen molar-refractivity contribution < 1.29 is 18.4 Å². The van der Waals surface area contributed by atoms with Gasteiger partial charge in [-0.25, -0.2) is 18.7 Å². The quantitative estimate of drug-likeness (QED) is 0.412. The van der Waals surface area contributed by atoms with Gasteiger partial charge in [0.25, 0.3) is 11.8 Å². The summed E-state index contributed by atoms with van der Waals surface area (Å²) in [4.78, 5) is 38.4. The van der Waals surface area contributed by atoms with Crippen LogP contribution in [-0.4, -0.2) is 70.9 Å². The van der Waals surface area contributed by atoms with Crippen molar-refractivity contribution in [1.82, 2.24) is 25.1 Å². The number of nitrogens with zero attached hydrogens (tertiary/aromatic N) is 4. The fourth-order valence-electron chi connectivity index (χ4n) is 3.87. The third-order valence-corrected chi connectivity index (χ3v) is 7.17. The van der Waals surface area contributed by atoms with Gasteiger partial charge in [0.1, 0.15) is 17.5 Å². The number of carbonyl (C=O) groups is 2. The number of rotatable bonds is 8. The molecule has 1 saturated heterocycles. The summed E-state index contributed by atoms with van der Waals surface area (Å²) in [6, 6.07) is 5.44. The molecule has 3 heterocycles. The molecular weight excluding hydrogens is 500 g/mol. The number of nitrogens with one attached hydrogen (secondary N) is 3. The molecule has 0 bridgehead atoms. The van der Waals surface area contributed by atoms with Crippen molar-refractivity contribution in [2.24, 2.45) is 0 Å². The zero-order chi connectivity index (χ0) is 25.9. The molecule has 0 atom stereocenters. The maximum atomic E-state index is 14.3. The molecule has 1 aliphatic carbocycles. The maximum Gasteiger partial charge on any atom is 0.255 e. The highest BCUT2D eigenvalue weighted by molar-refractivity contribution is 7.15. The summed E-state index contributed by atoms with van der Waals surface area (Å²) in [5.74, 6) is -1.71. The summed E-state index contributed by atoms with van der Waals surface area (Å²) in [5, 5.41) is 9.30. The van der Waals surface area contributed by atoms with Gasteiger partial charge in [-0.05, 0) is 38.1 Å². The first-order valence-electron chi connectivity index (χ1n) is 12.0. The Hall–Kier alpha value is -3.64. The Morgan fingerprint density at radius 3 is 2.54 bits per heavy atom. The zero-order valence-electron chi connectivity index (χ0n) is 20.3. The molecule has 1 aliphatic heterocycles. The number of benzene rings is 1. The van der Waals surface area contributed by atoms with E-state index in [-0.39, 0.29) is 29.7 Å². The summed E-state index contributed by atoms with van der Waals surface area (Å²) in [5.41, 5.74) is 0.376. The second-order valence-electron chi connectivity index (χ2n) is 9.20. The molecule has 0 radical (unpaired) electrons. The van der Waals surface area contributed by atoms with Gasteiger partial charge in [-0.1, -0.05) is 11.3 Å². The molecule has 2 aromatic heterocycles. The molecule has 0 unspecified atom stereocenters. The summed E-state index contributed by atoms with van der Waals surface area (Å²) < 4.78 is 28.4. The fraction of sp³-hybridized carbons (Fsp3) is 0.360. The highest BCUT2D eigenvalue weighted by Crippen LogP contribution is 2.26. The number of piperazine rings is 1. The van der Waals surface area contributed by atoms with Crippen molar-refractivity contribution in [3.8, 4) is 0 Å². The molecule has 0 spiro atoms. The number of halogens is 2. The molecular formula is C25H27F2N7O2S. The first-order chi connectivity index (χ1) is 17.9. The Bertz CT molecular complexity index is 1290. The van der Waals surface area contributed by atoms with Crippen LogP contribution in [-0.2, 0) is 6.54 Å². The summed E-state index contributed by atoms with van der Waals surface area (Å²) in [6.07, 6.45) is 4.92. The van der Waals surface area contributed by atoms with Crippen molar-refractivity contribution in [3.05, 3.63) is 64.3 Å². The molecule has 5 rings (SSSR count). The Morgan fingerprint density at radius 1 is 1.05 bits per heavy atom. The smallest absolute Gasteiger partial charge is 0.255 e. The highest BCUT2D eigenvalue weighted by Gasteiger charge is 2.26. The van der Waals surface area contributed by atoms with Gasteiger partial charge in [0, 0.05) is 55.6 Å². The predicted octanol–water partition coefficient (Wildman–Crippen LogP) is 3.45. The molecule has 9 nitrogen and oxygen atoms in total. The molecule has 2 amide bonds. The number of hydrogen-bond donors (Lipinski definition) is 3. The topological polar surface area (TPSA) is 102 Å². The van der Waals surface area contributed by atoms with Crippen LogP contribution in [0, 0.1) is 11.6 Å². The van der Waals surface area contributed by atoms with Crippen LogP contribution in [0.2, 0.25) is 0 Å². The second-order valence-corrected chi connectivity index (χ2v) is 10.3. The minimum atomic E-state index is -0.894. The van der Waals surface area contributed by atoms with Crippen molar-refractivity contribution in [2.45, 2.75) is 25.4 Å². The summed E-state index contributed by atoms with van der Waals surface area (Å²) >= 11 is 1.34. The standard InChI is InChI=1S/C25H27F2N7O2S/c1-33-6-8-34(9-7-33)24(36)15-2-5-22(29-12-15)32-25-30-14-17(37-25)13-28-21-10-18(19(26)11-20(21)27)23(35)31-16-3-4-16/h2,5,10-12,14,16,28H,3-4,6-9,13H2,1H3,(H,31,35)(H,29,30,32). The number of likely N-dealkylation sites (N-methyl/N-ethyl adjacent to an activating group) is 1. The van der Waals surface area contributed by atoms with Gasteiger partial charge >= 0.3 is 0 Å². The van der Waals surface area contributed by atoms with E-state index in [9.17, 15) is 18.4 Å². The first-order valence-corrected chi connectivity index (χ1v) is 12.9. The van der Waals surface area contributed by atoms with E-state index in [4.69, 9.17) is 0 Å². The highest BCUT2D eigenvalue weighted by atomic mass is 32.1. The van der Waals surface area contributed by atoms with E-state index >= 15 is 0 Å². The first kappa shape index (κ1) is 25.0. The normalized spacial score (nSPS) is 15.9. The Kier molecular flexibility index (Phi) is 7.28. The largest absolute Gasteiger partial charge is 0.378 e. The number of thiazole rings is 1. The third kappa shape index (κ3) is 6.20. The zero-order valence-corrected chi connectivity index (χ0v) is 21.1. The van der Waals surface area contributed by atoms with Crippen LogP contribution < -0.4 is 16.0 Å². The fourth-order valence-corrected chi connectivity index (χ4v) is 4.63. The monoisotopic (exact) mass is 527 g/mol. The van der Waals surface area contributed by atoms with Crippen LogP contribution in [0.3, 0.4) is 0 Å². The minimum absolute atomic E-state index is 0.0315. The van der Waals surface area contributed by atoms with Gasteiger partial charge in [-0.3, -0.25) is 9.59 Å². The maximum absolute atomic E-state index is 14.3. The lowest BCUT2D eigenvalue weighted by atomic mass is 10.1. The second kappa shape index (κ2) is 10.8. The number of amides is 2. The van der Waals surface area contributed by atoms with Crippen LogP contribution in [0.5, 0.6) is 0 Å². The molecule has 12 heteroatoms.